The highest BCUT2D eigenvalue weighted by molar-refractivity contribution is 5.91. The Morgan fingerprint density at radius 3 is 2.65 bits per heavy atom. The molecule has 0 radical (unpaired) electrons. The number of carbonyl (C=O) groups is 1. The van der Waals surface area contributed by atoms with E-state index in [1.165, 1.54) is 37.7 Å². The zero-order valence-corrected chi connectivity index (χ0v) is 11.2. The molecule has 3 rings (SSSR count). The van der Waals surface area contributed by atoms with E-state index in [4.69, 9.17) is 0 Å². The summed E-state index contributed by atoms with van der Waals surface area (Å²) in [6, 6.07) is 0. The van der Waals surface area contributed by atoms with Gasteiger partial charge in [0.15, 0.2) is 5.78 Å². The molecular weight excluding hydrogens is 208 g/mol. The van der Waals surface area contributed by atoms with Crippen molar-refractivity contribution in [2.45, 2.75) is 58.8 Å². The summed E-state index contributed by atoms with van der Waals surface area (Å²) in [7, 11) is 0. The molecule has 0 heterocycles. The first-order valence-electron chi connectivity index (χ1n) is 7.24. The maximum absolute atomic E-state index is 11.7. The van der Waals surface area contributed by atoms with Crippen LogP contribution in [0.1, 0.15) is 58.8 Å². The number of carbonyl (C=O) groups excluding carboxylic acids is 1. The van der Waals surface area contributed by atoms with Gasteiger partial charge in [0.2, 0.25) is 0 Å². The summed E-state index contributed by atoms with van der Waals surface area (Å²) >= 11 is 0. The van der Waals surface area contributed by atoms with Crippen molar-refractivity contribution in [3.8, 4) is 0 Å². The van der Waals surface area contributed by atoms with E-state index in [-0.39, 0.29) is 5.41 Å². The molecule has 1 heteroatoms. The molecule has 0 N–H and O–H groups in total. The molecule has 2 bridgehead atoms. The maximum atomic E-state index is 11.7. The van der Waals surface area contributed by atoms with Crippen molar-refractivity contribution < 1.29 is 4.79 Å². The Kier molecular flexibility index (Phi) is 2.68. The summed E-state index contributed by atoms with van der Waals surface area (Å²) in [6.45, 7) is 4.47. The van der Waals surface area contributed by atoms with Crippen LogP contribution in [0, 0.1) is 23.2 Å². The second-order valence-electron chi connectivity index (χ2n) is 7.43. The van der Waals surface area contributed by atoms with E-state index < -0.39 is 0 Å². The van der Waals surface area contributed by atoms with Gasteiger partial charge in [0.05, 0.1) is 0 Å². The molecule has 0 saturated heterocycles. The molecule has 3 aliphatic carbocycles. The van der Waals surface area contributed by atoms with E-state index in [9.17, 15) is 4.79 Å². The van der Waals surface area contributed by atoms with E-state index in [0.717, 1.165) is 30.6 Å². The average Bonchev–Trinajstić information content (AvgIpc) is 2.74. The Balaban J connectivity index is 1.67. The van der Waals surface area contributed by atoms with E-state index in [1.54, 1.807) is 0 Å². The summed E-state index contributed by atoms with van der Waals surface area (Å²) in [6.07, 6.45) is 10.9. The van der Waals surface area contributed by atoms with Crippen LogP contribution in [0.2, 0.25) is 0 Å². The Labute approximate surface area is 105 Å². The number of rotatable bonds is 2. The molecule has 0 amide bonds. The third-order valence-electron chi connectivity index (χ3n) is 5.13. The molecule has 0 spiro atoms. The molecule has 0 aromatic rings. The first kappa shape index (κ1) is 11.5. The lowest BCUT2D eigenvalue weighted by atomic mass is 9.73. The van der Waals surface area contributed by atoms with Crippen LogP contribution in [0.4, 0.5) is 0 Å². The monoisotopic (exact) mass is 232 g/mol. The van der Waals surface area contributed by atoms with Gasteiger partial charge in [0, 0.05) is 6.42 Å². The molecule has 0 aliphatic heterocycles. The van der Waals surface area contributed by atoms with Crippen LogP contribution in [0.3, 0.4) is 0 Å². The third-order valence-corrected chi connectivity index (χ3v) is 5.13. The highest BCUT2D eigenvalue weighted by atomic mass is 16.1. The molecule has 3 aliphatic rings. The van der Waals surface area contributed by atoms with Crippen LogP contribution >= 0.6 is 0 Å². The molecule has 2 saturated carbocycles. The molecule has 94 valence electrons. The molecule has 0 aromatic carbocycles. The zero-order chi connectivity index (χ0) is 12.0. The molecule has 3 atom stereocenters. The van der Waals surface area contributed by atoms with Crippen molar-refractivity contribution >= 4 is 5.78 Å². The quantitative estimate of drug-likeness (QED) is 0.699. The fraction of sp³-hybridized carbons (Fsp3) is 0.812. The normalized spacial score (nSPS) is 39.5. The summed E-state index contributed by atoms with van der Waals surface area (Å²) in [5.41, 5.74) is 1.66. The third kappa shape index (κ3) is 2.34. The smallest absolute Gasteiger partial charge is 0.156 e. The van der Waals surface area contributed by atoms with Crippen molar-refractivity contribution in [1.82, 2.24) is 0 Å². The first-order valence-corrected chi connectivity index (χ1v) is 7.24. The fourth-order valence-electron chi connectivity index (χ4n) is 4.57. The topological polar surface area (TPSA) is 17.1 Å². The minimum atomic E-state index is 0.207. The molecule has 2 fully saturated rings. The summed E-state index contributed by atoms with van der Waals surface area (Å²) < 4.78 is 0. The van der Waals surface area contributed by atoms with Gasteiger partial charge in [-0.25, -0.2) is 0 Å². The van der Waals surface area contributed by atoms with E-state index >= 15 is 0 Å². The minimum Gasteiger partial charge on any atom is -0.295 e. The van der Waals surface area contributed by atoms with Gasteiger partial charge < -0.3 is 0 Å². The van der Waals surface area contributed by atoms with Crippen LogP contribution in [0.25, 0.3) is 0 Å². The molecule has 17 heavy (non-hydrogen) atoms. The summed E-state index contributed by atoms with van der Waals surface area (Å²) in [4.78, 5) is 11.7. The highest BCUT2D eigenvalue weighted by Gasteiger charge is 2.40. The second-order valence-corrected chi connectivity index (χ2v) is 7.43. The van der Waals surface area contributed by atoms with Crippen LogP contribution in [-0.4, -0.2) is 5.78 Å². The lowest BCUT2D eigenvalue weighted by Crippen LogP contribution is -2.23. The van der Waals surface area contributed by atoms with E-state index in [1.807, 2.05) is 6.08 Å². The standard InChI is InChI=1S/C16H24O/c1-16(2)9-12(8-15(17)10-16)7-14-6-11-3-4-13(14)5-11/h8,11,13-14H,3-7,9-10H2,1-2H3. The molecule has 3 unspecified atom stereocenters. The van der Waals surface area contributed by atoms with Gasteiger partial charge in [0.1, 0.15) is 0 Å². The Bertz CT molecular complexity index is 364. The van der Waals surface area contributed by atoms with E-state index in [2.05, 4.69) is 13.8 Å². The highest BCUT2D eigenvalue weighted by Crippen LogP contribution is 2.51. The summed E-state index contributed by atoms with van der Waals surface area (Å²) in [5.74, 6) is 3.28. The van der Waals surface area contributed by atoms with Crippen LogP contribution in [0.5, 0.6) is 0 Å². The van der Waals surface area contributed by atoms with Crippen LogP contribution in [0.15, 0.2) is 11.6 Å². The Morgan fingerprint density at radius 1 is 1.24 bits per heavy atom. The predicted octanol–water partition coefficient (Wildman–Crippen LogP) is 4.13. The fourth-order valence-corrected chi connectivity index (χ4v) is 4.57. The predicted molar refractivity (Wildman–Crippen MR) is 69.7 cm³/mol. The van der Waals surface area contributed by atoms with E-state index in [0.29, 0.717) is 5.78 Å². The number of allylic oxidation sites excluding steroid dienone is 2. The SMILES string of the molecule is CC1(C)CC(=O)C=C(CC2CC3CCC2C3)C1. The van der Waals surface area contributed by atoms with Gasteiger partial charge in [-0.15, -0.1) is 0 Å². The lowest BCUT2D eigenvalue weighted by Gasteiger charge is -2.31. The Morgan fingerprint density at radius 2 is 2.06 bits per heavy atom. The summed E-state index contributed by atoms with van der Waals surface area (Å²) in [5, 5.41) is 0. The maximum Gasteiger partial charge on any atom is 0.156 e. The molecular formula is C16H24O. The van der Waals surface area contributed by atoms with Gasteiger partial charge in [0.25, 0.3) is 0 Å². The van der Waals surface area contributed by atoms with Gasteiger partial charge >= 0.3 is 0 Å². The number of ketones is 1. The minimum absolute atomic E-state index is 0.207. The van der Waals surface area contributed by atoms with Crippen molar-refractivity contribution in [3.05, 3.63) is 11.6 Å². The second kappa shape index (κ2) is 3.96. The zero-order valence-electron chi connectivity index (χ0n) is 11.2. The average molecular weight is 232 g/mol. The van der Waals surface area contributed by atoms with Gasteiger partial charge in [-0.05, 0) is 61.3 Å². The largest absolute Gasteiger partial charge is 0.295 e. The van der Waals surface area contributed by atoms with Crippen molar-refractivity contribution in [3.63, 3.8) is 0 Å². The number of hydrogen-bond donors (Lipinski definition) is 0. The van der Waals surface area contributed by atoms with Gasteiger partial charge in [-0.2, -0.15) is 0 Å². The van der Waals surface area contributed by atoms with Crippen LogP contribution in [-0.2, 0) is 4.79 Å². The first-order chi connectivity index (χ1) is 8.02. The number of hydrogen-bond acceptors (Lipinski definition) is 1. The van der Waals surface area contributed by atoms with Gasteiger partial charge in [-0.1, -0.05) is 25.8 Å². The lowest BCUT2D eigenvalue weighted by molar-refractivity contribution is -0.117. The van der Waals surface area contributed by atoms with Gasteiger partial charge in [-0.3, -0.25) is 4.79 Å². The van der Waals surface area contributed by atoms with Crippen molar-refractivity contribution in [1.29, 1.82) is 0 Å². The van der Waals surface area contributed by atoms with Crippen molar-refractivity contribution in [2.75, 3.05) is 0 Å². The Hall–Kier alpha value is -0.590. The molecule has 1 nitrogen and oxygen atoms in total. The molecule has 0 aromatic heterocycles. The van der Waals surface area contributed by atoms with Crippen molar-refractivity contribution in [2.24, 2.45) is 23.2 Å². The number of fused-ring (bicyclic) bond motifs is 2. The van der Waals surface area contributed by atoms with Crippen LogP contribution < -0.4 is 0 Å².